The lowest BCUT2D eigenvalue weighted by Gasteiger charge is -2.02. The molecule has 1 amide bonds. The van der Waals surface area contributed by atoms with Crippen molar-refractivity contribution in [2.24, 2.45) is 0 Å². The lowest BCUT2D eigenvalue weighted by atomic mass is 10.4. The topological polar surface area (TPSA) is 67.8 Å². The first-order valence-corrected chi connectivity index (χ1v) is 4.82. The number of rotatable bonds is 2. The van der Waals surface area contributed by atoms with Crippen molar-refractivity contribution >= 4 is 23.3 Å². The van der Waals surface area contributed by atoms with Crippen LogP contribution in [0, 0.1) is 0 Å². The van der Waals surface area contributed by atoms with Gasteiger partial charge >= 0.3 is 0 Å². The lowest BCUT2D eigenvalue weighted by molar-refractivity contribution is 0.102. The molecule has 2 aromatic rings. The highest BCUT2D eigenvalue weighted by atomic mass is 35.5. The van der Waals surface area contributed by atoms with E-state index in [2.05, 4.69) is 20.3 Å². The van der Waals surface area contributed by atoms with Crippen molar-refractivity contribution in [3.63, 3.8) is 0 Å². The van der Waals surface area contributed by atoms with Gasteiger partial charge in [0.25, 0.3) is 5.91 Å². The van der Waals surface area contributed by atoms with Crippen LogP contribution in [-0.2, 0) is 0 Å². The van der Waals surface area contributed by atoms with Gasteiger partial charge in [-0.15, -0.1) is 0 Å². The highest BCUT2D eigenvalue weighted by Gasteiger charge is 2.07. The number of nitrogens with zero attached hydrogens (tertiary/aromatic N) is 3. The monoisotopic (exact) mass is 234 g/mol. The van der Waals surface area contributed by atoms with Gasteiger partial charge in [0.2, 0.25) is 0 Å². The summed E-state index contributed by atoms with van der Waals surface area (Å²) >= 11 is 5.76. The van der Waals surface area contributed by atoms with E-state index in [-0.39, 0.29) is 11.6 Å². The summed E-state index contributed by atoms with van der Waals surface area (Å²) in [7, 11) is 0. The molecular formula is C10H7ClN4O. The van der Waals surface area contributed by atoms with Crippen LogP contribution in [0.25, 0.3) is 0 Å². The molecule has 0 bridgehead atoms. The third kappa shape index (κ3) is 2.52. The van der Waals surface area contributed by atoms with Crippen molar-refractivity contribution in [2.75, 3.05) is 5.32 Å². The van der Waals surface area contributed by atoms with Crippen LogP contribution in [0.4, 0.5) is 5.82 Å². The molecule has 0 radical (unpaired) electrons. The second kappa shape index (κ2) is 4.67. The van der Waals surface area contributed by atoms with Crippen molar-refractivity contribution in [3.05, 3.63) is 47.6 Å². The van der Waals surface area contributed by atoms with E-state index < -0.39 is 0 Å². The zero-order valence-electron chi connectivity index (χ0n) is 8.09. The fourth-order valence-corrected chi connectivity index (χ4v) is 1.23. The SMILES string of the molecule is O=C(Nc1cc(Cl)ccn1)c1cnccn1. The Balaban J connectivity index is 2.14. The van der Waals surface area contributed by atoms with E-state index in [1.165, 1.54) is 24.8 Å². The largest absolute Gasteiger partial charge is 0.305 e. The smallest absolute Gasteiger partial charge is 0.277 e. The fourth-order valence-electron chi connectivity index (χ4n) is 1.07. The highest BCUT2D eigenvalue weighted by Crippen LogP contribution is 2.12. The molecule has 0 unspecified atom stereocenters. The molecular weight excluding hydrogens is 228 g/mol. The summed E-state index contributed by atoms with van der Waals surface area (Å²) in [5.41, 5.74) is 0.226. The molecule has 16 heavy (non-hydrogen) atoms. The van der Waals surface area contributed by atoms with Crippen LogP contribution < -0.4 is 5.32 Å². The first-order chi connectivity index (χ1) is 7.75. The minimum atomic E-state index is -0.372. The van der Waals surface area contributed by atoms with Gasteiger partial charge in [0.05, 0.1) is 6.20 Å². The molecule has 2 heterocycles. The van der Waals surface area contributed by atoms with Gasteiger partial charge < -0.3 is 5.32 Å². The number of pyridine rings is 1. The number of amides is 1. The Morgan fingerprint density at radius 2 is 2.12 bits per heavy atom. The molecule has 0 aromatic carbocycles. The third-order valence-electron chi connectivity index (χ3n) is 1.76. The van der Waals surface area contributed by atoms with Gasteiger partial charge in [0, 0.05) is 23.6 Å². The van der Waals surface area contributed by atoms with Gasteiger partial charge in [-0.05, 0) is 12.1 Å². The molecule has 1 N–H and O–H groups in total. The normalized spacial score (nSPS) is 9.81. The molecule has 0 aliphatic heterocycles. The number of hydrogen-bond acceptors (Lipinski definition) is 4. The molecule has 0 atom stereocenters. The van der Waals surface area contributed by atoms with E-state index in [9.17, 15) is 4.79 Å². The van der Waals surface area contributed by atoms with Gasteiger partial charge in [0.1, 0.15) is 11.5 Å². The Morgan fingerprint density at radius 1 is 1.25 bits per heavy atom. The highest BCUT2D eigenvalue weighted by molar-refractivity contribution is 6.30. The van der Waals surface area contributed by atoms with Crippen LogP contribution >= 0.6 is 11.6 Å². The summed E-state index contributed by atoms with van der Waals surface area (Å²) in [6.45, 7) is 0. The average molecular weight is 235 g/mol. The summed E-state index contributed by atoms with van der Waals surface area (Å²) in [5, 5.41) is 3.07. The van der Waals surface area contributed by atoms with Crippen molar-refractivity contribution in [2.45, 2.75) is 0 Å². The second-order valence-electron chi connectivity index (χ2n) is 2.90. The van der Waals surface area contributed by atoms with E-state index in [1.807, 2.05) is 0 Å². The predicted molar refractivity (Wildman–Crippen MR) is 59.2 cm³/mol. The third-order valence-corrected chi connectivity index (χ3v) is 1.99. The maximum atomic E-state index is 11.6. The summed E-state index contributed by atoms with van der Waals surface area (Å²) in [5.74, 6) is 0.00557. The standard InChI is InChI=1S/C10H7ClN4O/c11-7-1-2-14-9(5-7)15-10(16)8-6-12-3-4-13-8/h1-6H,(H,14,15,16). The summed E-state index contributed by atoms with van der Waals surface area (Å²) in [4.78, 5) is 23.2. The Morgan fingerprint density at radius 3 is 2.81 bits per heavy atom. The second-order valence-corrected chi connectivity index (χ2v) is 3.34. The Labute approximate surface area is 96.5 Å². The lowest BCUT2D eigenvalue weighted by Crippen LogP contribution is -2.14. The van der Waals surface area contributed by atoms with Crippen LogP contribution in [0.15, 0.2) is 36.9 Å². The van der Waals surface area contributed by atoms with Crippen LogP contribution in [0.2, 0.25) is 5.02 Å². The number of carbonyl (C=O) groups is 1. The maximum absolute atomic E-state index is 11.6. The zero-order chi connectivity index (χ0) is 11.4. The van der Waals surface area contributed by atoms with Crippen molar-refractivity contribution in [3.8, 4) is 0 Å². The van der Waals surface area contributed by atoms with Crippen LogP contribution in [0.1, 0.15) is 10.5 Å². The molecule has 0 fully saturated rings. The molecule has 0 saturated heterocycles. The predicted octanol–water partition coefficient (Wildman–Crippen LogP) is 1.78. The van der Waals surface area contributed by atoms with Crippen LogP contribution in [-0.4, -0.2) is 20.9 Å². The van der Waals surface area contributed by atoms with E-state index in [0.717, 1.165) is 0 Å². The van der Waals surface area contributed by atoms with E-state index in [0.29, 0.717) is 10.8 Å². The average Bonchev–Trinajstić information content (AvgIpc) is 2.30. The molecule has 0 spiro atoms. The van der Waals surface area contributed by atoms with Crippen molar-refractivity contribution < 1.29 is 4.79 Å². The van der Waals surface area contributed by atoms with Gasteiger partial charge in [-0.3, -0.25) is 9.78 Å². The van der Waals surface area contributed by atoms with E-state index in [4.69, 9.17) is 11.6 Å². The minimum Gasteiger partial charge on any atom is -0.305 e. The number of halogens is 1. The number of carbonyl (C=O) groups excluding carboxylic acids is 1. The van der Waals surface area contributed by atoms with Crippen molar-refractivity contribution in [1.82, 2.24) is 15.0 Å². The summed E-state index contributed by atoms with van der Waals surface area (Å²) in [6, 6.07) is 3.18. The number of aromatic nitrogens is 3. The molecule has 6 heteroatoms. The first-order valence-electron chi connectivity index (χ1n) is 4.44. The first kappa shape index (κ1) is 10.5. The van der Waals surface area contributed by atoms with Crippen LogP contribution in [0.3, 0.4) is 0 Å². The molecule has 0 saturated carbocycles. The number of nitrogens with one attached hydrogen (secondary N) is 1. The molecule has 0 aliphatic rings. The van der Waals surface area contributed by atoms with Gasteiger partial charge in [0.15, 0.2) is 0 Å². The molecule has 80 valence electrons. The Kier molecular flexibility index (Phi) is 3.07. The number of anilines is 1. The van der Waals surface area contributed by atoms with E-state index in [1.54, 1.807) is 12.1 Å². The Hall–Kier alpha value is -2.01. The molecule has 2 aromatic heterocycles. The Bertz CT molecular complexity index is 503. The van der Waals surface area contributed by atoms with Gasteiger partial charge in [-0.25, -0.2) is 9.97 Å². The van der Waals surface area contributed by atoms with Gasteiger partial charge in [-0.2, -0.15) is 0 Å². The summed E-state index contributed by atoms with van der Waals surface area (Å²) in [6.07, 6.45) is 5.82. The van der Waals surface area contributed by atoms with Gasteiger partial charge in [-0.1, -0.05) is 11.6 Å². The summed E-state index contributed by atoms with van der Waals surface area (Å²) < 4.78 is 0. The molecule has 2 rings (SSSR count). The minimum absolute atomic E-state index is 0.226. The van der Waals surface area contributed by atoms with E-state index >= 15 is 0 Å². The number of hydrogen-bond donors (Lipinski definition) is 1. The maximum Gasteiger partial charge on any atom is 0.277 e. The molecule has 0 aliphatic carbocycles. The van der Waals surface area contributed by atoms with Crippen molar-refractivity contribution in [1.29, 1.82) is 0 Å². The quantitative estimate of drug-likeness (QED) is 0.860. The molecule has 5 nitrogen and oxygen atoms in total. The van der Waals surface area contributed by atoms with Crippen LogP contribution in [0.5, 0.6) is 0 Å². The zero-order valence-corrected chi connectivity index (χ0v) is 8.85. The fraction of sp³-hybridized carbons (Fsp3) is 0.